The third kappa shape index (κ3) is 1.68. The molecule has 0 aromatic heterocycles. The zero-order valence-electron chi connectivity index (χ0n) is 6.21. The Morgan fingerprint density at radius 2 is 1.50 bits per heavy atom. The second-order valence-corrected chi connectivity index (χ2v) is 3.07. The topological polar surface area (TPSA) is 58.3 Å². The summed E-state index contributed by atoms with van der Waals surface area (Å²) >= 11 is 0. The molecule has 0 aromatic carbocycles. The van der Waals surface area contributed by atoms with Crippen molar-refractivity contribution in [3.63, 3.8) is 0 Å². The van der Waals surface area contributed by atoms with Crippen LogP contribution in [0.25, 0.3) is 0 Å². The standard InChI is InChI=1S/C7H13N.H3NO/c1-2-6-4-5-7(3-1)8-6;1-2/h6-8H,1-5H2;2H,1H2. The first-order chi connectivity index (χ1) is 4.95. The number of rotatable bonds is 0. The molecule has 0 aliphatic carbocycles. The molecule has 2 saturated heterocycles. The highest BCUT2D eigenvalue weighted by Gasteiger charge is 2.26. The first-order valence-electron chi connectivity index (χ1n) is 3.97. The number of nitrogens with two attached hydrogens (primary N) is 1. The lowest BCUT2D eigenvalue weighted by molar-refractivity contribution is 0.311. The van der Waals surface area contributed by atoms with E-state index in [-0.39, 0.29) is 0 Å². The Labute approximate surface area is 61.6 Å². The minimum Gasteiger partial charge on any atom is -0.320 e. The lowest BCUT2D eigenvalue weighted by Crippen LogP contribution is -2.33. The smallest absolute Gasteiger partial charge is 0.00702 e. The van der Waals surface area contributed by atoms with Gasteiger partial charge in [-0.15, -0.1) is 0 Å². The summed E-state index contributed by atoms with van der Waals surface area (Å²) in [5.74, 6) is 3.50. The molecule has 3 heteroatoms. The van der Waals surface area contributed by atoms with Crippen molar-refractivity contribution in [2.45, 2.75) is 44.2 Å². The van der Waals surface area contributed by atoms with E-state index in [0.29, 0.717) is 0 Å². The molecule has 2 bridgehead atoms. The minimum absolute atomic E-state index is 0.911. The molecule has 2 atom stereocenters. The number of nitrogens with one attached hydrogen (secondary N) is 1. The fourth-order valence-corrected chi connectivity index (χ4v) is 1.97. The van der Waals surface area contributed by atoms with Gasteiger partial charge in [-0.1, -0.05) is 6.42 Å². The summed E-state index contributed by atoms with van der Waals surface area (Å²) in [6.07, 6.45) is 7.25. The SMILES string of the molecule is C1CC2CCC(C1)N2.NO. The molecular formula is C7H16N2O. The first-order valence-corrected chi connectivity index (χ1v) is 3.97. The van der Waals surface area contributed by atoms with Crippen LogP contribution in [0.5, 0.6) is 0 Å². The third-order valence-electron chi connectivity index (χ3n) is 2.44. The summed E-state index contributed by atoms with van der Waals surface area (Å²) < 4.78 is 0. The summed E-state index contributed by atoms with van der Waals surface area (Å²) in [4.78, 5) is 0. The molecule has 0 saturated carbocycles. The lowest BCUT2D eigenvalue weighted by atomic mass is 10.1. The molecular weight excluding hydrogens is 128 g/mol. The van der Waals surface area contributed by atoms with Crippen LogP contribution in [-0.2, 0) is 0 Å². The van der Waals surface area contributed by atoms with Crippen molar-refractivity contribution in [3.8, 4) is 0 Å². The summed E-state index contributed by atoms with van der Waals surface area (Å²) in [7, 11) is 0. The fourth-order valence-electron chi connectivity index (χ4n) is 1.97. The Kier molecular flexibility index (Phi) is 3.12. The van der Waals surface area contributed by atoms with E-state index in [1.54, 1.807) is 0 Å². The molecule has 2 aliphatic heterocycles. The van der Waals surface area contributed by atoms with Crippen molar-refractivity contribution in [3.05, 3.63) is 0 Å². The Morgan fingerprint density at radius 3 is 1.90 bits per heavy atom. The van der Waals surface area contributed by atoms with Crippen molar-refractivity contribution < 1.29 is 5.21 Å². The van der Waals surface area contributed by atoms with Crippen LogP contribution < -0.4 is 11.2 Å². The molecule has 2 aliphatic rings. The Balaban J connectivity index is 0.000000231. The van der Waals surface area contributed by atoms with Gasteiger partial charge in [0, 0.05) is 12.1 Å². The van der Waals surface area contributed by atoms with Crippen molar-refractivity contribution in [1.29, 1.82) is 0 Å². The molecule has 10 heavy (non-hydrogen) atoms. The molecule has 2 rings (SSSR count). The van der Waals surface area contributed by atoms with Crippen molar-refractivity contribution in [2.75, 3.05) is 0 Å². The highest BCUT2D eigenvalue weighted by atomic mass is 16.4. The van der Waals surface area contributed by atoms with Gasteiger partial charge in [-0.25, -0.2) is 5.90 Å². The molecule has 60 valence electrons. The van der Waals surface area contributed by atoms with Crippen molar-refractivity contribution in [2.24, 2.45) is 5.90 Å². The largest absolute Gasteiger partial charge is 0.320 e. The van der Waals surface area contributed by atoms with Crippen LogP contribution >= 0.6 is 0 Å². The van der Waals surface area contributed by atoms with Gasteiger partial charge in [0.25, 0.3) is 0 Å². The Morgan fingerprint density at radius 1 is 1.00 bits per heavy atom. The Bertz CT molecular complexity index is 83.6. The van der Waals surface area contributed by atoms with E-state index in [4.69, 9.17) is 5.21 Å². The normalized spacial score (nSPS) is 36.6. The highest BCUT2D eigenvalue weighted by molar-refractivity contribution is 4.87. The molecule has 2 heterocycles. The Hall–Kier alpha value is -0.120. The van der Waals surface area contributed by atoms with Gasteiger partial charge in [-0.2, -0.15) is 0 Å². The summed E-state index contributed by atoms with van der Waals surface area (Å²) in [5, 5.41) is 10.1. The maximum absolute atomic E-state index is 6.50. The first kappa shape index (κ1) is 7.98. The van der Waals surface area contributed by atoms with Gasteiger partial charge in [0.1, 0.15) is 0 Å². The molecule has 0 aromatic rings. The molecule has 3 nitrogen and oxygen atoms in total. The van der Waals surface area contributed by atoms with Crippen molar-refractivity contribution >= 4 is 0 Å². The van der Waals surface area contributed by atoms with Crippen LogP contribution in [0, 0.1) is 0 Å². The van der Waals surface area contributed by atoms with E-state index in [0.717, 1.165) is 12.1 Å². The van der Waals surface area contributed by atoms with Crippen LogP contribution in [0.3, 0.4) is 0 Å². The van der Waals surface area contributed by atoms with Crippen LogP contribution in [0.15, 0.2) is 0 Å². The predicted molar refractivity (Wildman–Crippen MR) is 39.8 cm³/mol. The van der Waals surface area contributed by atoms with Gasteiger partial charge in [-0.3, -0.25) is 0 Å². The van der Waals surface area contributed by atoms with E-state index in [1.807, 2.05) is 0 Å². The number of piperidine rings is 1. The number of hydrogen-bond donors (Lipinski definition) is 3. The number of hydrogen-bond acceptors (Lipinski definition) is 3. The maximum Gasteiger partial charge on any atom is 0.00702 e. The second-order valence-electron chi connectivity index (χ2n) is 3.07. The molecule has 0 amide bonds. The van der Waals surface area contributed by atoms with E-state index in [2.05, 4.69) is 11.2 Å². The van der Waals surface area contributed by atoms with Crippen molar-refractivity contribution in [1.82, 2.24) is 5.32 Å². The molecule has 2 fully saturated rings. The van der Waals surface area contributed by atoms with Crippen LogP contribution in [0.1, 0.15) is 32.1 Å². The highest BCUT2D eigenvalue weighted by Crippen LogP contribution is 2.25. The minimum atomic E-state index is 0.911. The average molecular weight is 144 g/mol. The summed E-state index contributed by atoms with van der Waals surface area (Å²) in [6, 6.07) is 1.82. The van der Waals surface area contributed by atoms with E-state index in [9.17, 15) is 0 Å². The van der Waals surface area contributed by atoms with Gasteiger partial charge < -0.3 is 10.5 Å². The molecule has 0 radical (unpaired) electrons. The van der Waals surface area contributed by atoms with Gasteiger partial charge in [0.05, 0.1) is 0 Å². The van der Waals surface area contributed by atoms with Gasteiger partial charge in [0.2, 0.25) is 0 Å². The molecule has 0 spiro atoms. The molecule has 4 N–H and O–H groups in total. The van der Waals surface area contributed by atoms with Gasteiger partial charge in [0.15, 0.2) is 0 Å². The molecule has 2 unspecified atom stereocenters. The quantitative estimate of drug-likeness (QED) is 0.437. The zero-order chi connectivity index (χ0) is 7.40. The van der Waals surface area contributed by atoms with Crippen LogP contribution in [-0.4, -0.2) is 17.3 Å². The summed E-state index contributed by atoms with van der Waals surface area (Å²) in [6.45, 7) is 0. The van der Waals surface area contributed by atoms with Crippen LogP contribution in [0.4, 0.5) is 0 Å². The van der Waals surface area contributed by atoms with Gasteiger partial charge in [-0.05, 0) is 25.7 Å². The van der Waals surface area contributed by atoms with Crippen LogP contribution in [0.2, 0.25) is 0 Å². The average Bonchev–Trinajstić information content (AvgIpc) is 2.35. The maximum atomic E-state index is 6.50. The van der Waals surface area contributed by atoms with E-state index in [1.165, 1.54) is 32.1 Å². The fraction of sp³-hybridized carbons (Fsp3) is 1.00. The summed E-state index contributed by atoms with van der Waals surface area (Å²) in [5.41, 5.74) is 0. The third-order valence-corrected chi connectivity index (χ3v) is 2.44. The second kappa shape index (κ2) is 3.91. The number of fused-ring (bicyclic) bond motifs is 2. The van der Waals surface area contributed by atoms with Gasteiger partial charge >= 0.3 is 0 Å². The van der Waals surface area contributed by atoms with E-state index < -0.39 is 0 Å². The zero-order valence-corrected chi connectivity index (χ0v) is 6.21. The predicted octanol–water partition coefficient (Wildman–Crippen LogP) is 0.625. The van der Waals surface area contributed by atoms with E-state index >= 15 is 0 Å². The monoisotopic (exact) mass is 144 g/mol. The lowest BCUT2D eigenvalue weighted by Gasteiger charge is -2.19.